The Morgan fingerprint density at radius 1 is 1.08 bits per heavy atom. The number of aryl methyl sites for hydroxylation is 1. The van der Waals surface area contributed by atoms with Gasteiger partial charge in [0.2, 0.25) is 17.6 Å². The summed E-state index contributed by atoms with van der Waals surface area (Å²) in [7, 11) is 0. The first-order valence-electron chi connectivity index (χ1n) is 7.70. The van der Waals surface area contributed by atoms with E-state index in [2.05, 4.69) is 15.5 Å². The fraction of sp³-hybridized carbons (Fsp3) is 0.167. The zero-order valence-corrected chi connectivity index (χ0v) is 14.7. The highest BCUT2D eigenvalue weighted by Crippen LogP contribution is 2.20. The highest BCUT2D eigenvalue weighted by molar-refractivity contribution is 6.31. The second kappa shape index (κ2) is 8.14. The molecule has 1 amide bonds. The molecule has 2 aromatic carbocycles. The molecule has 3 aromatic rings. The van der Waals surface area contributed by atoms with E-state index in [0.29, 0.717) is 34.7 Å². The Bertz CT molecular complexity index is 863. The molecule has 1 N–H and O–H groups in total. The van der Waals surface area contributed by atoms with E-state index >= 15 is 0 Å². The highest BCUT2D eigenvalue weighted by atomic mass is 35.5. The molecule has 0 unspecified atom stereocenters. The van der Waals surface area contributed by atoms with Gasteiger partial charge in [0, 0.05) is 35.0 Å². The zero-order chi connectivity index (χ0) is 17.6. The number of carbonyl (C=O) groups is 1. The third-order valence-corrected chi connectivity index (χ3v) is 4.01. The van der Waals surface area contributed by atoms with Crippen LogP contribution >= 0.6 is 23.2 Å². The first-order chi connectivity index (χ1) is 12.1. The standard InChI is InChI=1S/C18H15Cl2N3O2/c19-14-6-4-12(5-7-14)11-21-16(24)8-9-17-22-18(23-25-17)13-2-1-3-15(20)10-13/h1-7,10H,8-9,11H2,(H,21,24). The van der Waals surface area contributed by atoms with Crippen LogP contribution in [0.2, 0.25) is 10.0 Å². The van der Waals surface area contributed by atoms with E-state index in [0.717, 1.165) is 11.1 Å². The number of benzene rings is 2. The average Bonchev–Trinajstić information content (AvgIpc) is 3.08. The second-order valence-electron chi connectivity index (χ2n) is 5.43. The zero-order valence-electron chi connectivity index (χ0n) is 13.2. The van der Waals surface area contributed by atoms with Crippen LogP contribution in [0.4, 0.5) is 0 Å². The maximum atomic E-state index is 11.9. The van der Waals surface area contributed by atoms with Gasteiger partial charge in [-0.25, -0.2) is 0 Å². The van der Waals surface area contributed by atoms with E-state index < -0.39 is 0 Å². The molecule has 7 heteroatoms. The van der Waals surface area contributed by atoms with Gasteiger partial charge in [-0.1, -0.05) is 52.6 Å². The quantitative estimate of drug-likeness (QED) is 0.697. The van der Waals surface area contributed by atoms with Crippen LogP contribution in [0.15, 0.2) is 53.1 Å². The molecule has 0 aliphatic carbocycles. The minimum Gasteiger partial charge on any atom is -0.352 e. The first-order valence-corrected chi connectivity index (χ1v) is 8.45. The van der Waals surface area contributed by atoms with Crippen LogP contribution in [0.25, 0.3) is 11.4 Å². The van der Waals surface area contributed by atoms with Crippen molar-refractivity contribution in [2.24, 2.45) is 0 Å². The predicted octanol–water partition coefficient (Wildman–Crippen LogP) is 4.29. The van der Waals surface area contributed by atoms with Crippen LogP contribution in [-0.2, 0) is 17.8 Å². The van der Waals surface area contributed by atoms with Crippen molar-refractivity contribution in [2.45, 2.75) is 19.4 Å². The van der Waals surface area contributed by atoms with Crippen LogP contribution in [0.3, 0.4) is 0 Å². The van der Waals surface area contributed by atoms with E-state index in [4.69, 9.17) is 27.7 Å². The summed E-state index contributed by atoms with van der Waals surface area (Å²) in [5.74, 6) is 0.785. The fourth-order valence-corrected chi connectivity index (χ4v) is 2.53. The summed E-state index contributed by atoms with van der Waals surface area (Å²) < 4.78 is 5.19. The van der Waals surface area contributed by atoms with Gasteiger partial charge in [0.25, 0.3) is 0 Å². The molecule has 0 spiro atoms. The Morgan fingerprint density at radius 2 is 1.88 bits per heavy atom. The summed E-state index contributed by atoms with van der Waals surface area (Å²) in [6.07, 6.45) is 0.644. The fourth-order valence-electron chi connectivity index (χ4n) is 2.21. The molecule has 0 atom stereocenters. The lowest BCUT2D eigenvalue weighted by Gasteiger charge is -2.04. The van der Waals surface area contributed by atoms with Crippen molar-refractivity contribution >= 4 is 29.1 Å². The second-order valence-corrected chi connectivity index (χ2v) is 6.30. The first kappa shape index (κ1) is 17.5. The van der Waals surface area contributed by atoms with Crippen molar-refractivity contribution in [1.82, 2.24) is 15.5 Å². The summed E-state index contributed by atoms with van der Waals surface area (Å²) in [4.78, 5) is 16.2. The van der Waals surface area contributed by atoms with E-state index in [9.17, 15) is 4.79 Å². The van der Waals surface area contributed by atoms with Gasteiger partial charge in [-0.2, -0.15) is 4.98 Å². The Balaban J connectivity index is 1.50. The van der Waals surface area contributed by atoms with E-state index in [1.54, 1.807) is 24.3 Å². The average molecular weight is 376 g/mol. The molecule has 128 valence electrons. The highest BCUT2D eigenvalue weighted by Gasteiger charge is 2.11. The van der Waals surface area contributed by atoms with Crippen molar-refractivity contribution < 1.29 is 9.32 Å². The minimum absolute atomic E-state index is 0.0857. The Morgan fingerprint density at radius 3 is 2.64 bits per heavy atom. The number of nitrogens with one attached hydrogen (secondary N) is 1. The van der Waals surface area contributed by atoms with E-state index in [1.165, 1.54) is 0 Å². The number of hydrogen-bond acceptors (Lipinski definition) is 4. The van der Waals surface area contributed by atoms with Crippen LogP contribution in [0.1, 0.15) is 17.9 Å². The third-order valence-electron chi connectivity index (χ3n) is 3.52. The van der Waals surface area contributed by atoms with Gasteiger partial charge in [-0.3, -0.25) is 4.79 Å². The molecule has 0 saturated heterocycles. The largest absolute Gasteiger partial charge is 0.352 e. The van der Waals surface area contributed by atoms with Crippen LogP contribution in [-0.4, -0.2) is 16.0 Å². The smallest absolute Gasteiger partial charge is 0.227 e. The molecule has 0 fully saturated rings. The topological polar surface area (TPSA) is 68.0 Å². The summed E-state index contributed by atoms with van der Waals surface area (Å²) in [5, 5.41) is 8.03. The van der Waals surface area contributed by atoms with Gasteiger partial charge < -0.3 is 9.84 Å². The molecular weight excluding hydrogens is 361 g/mol. The lowest BCUT2D eigenvalue weighted by Crippen LogP contribution is -2.23. The van der Waals surface area contributed by atoms with Crippen LogP contribution in [0.5, 0.6) is 0 Å². The summed E-state index contributed by atoms with van der Waals surface area (Å²) in [6, 6.07) is 14.5. The molecule has 1 heterocycles. The lowest BCUT2D eigenvalue weighted by atomic mass is 10.2. The molecule has 0 aliphatic heterocycles. The minimum atomic E-state index is -0.0857. The third kappa shape index (κ3) is 5.05. The predicted molar refractivity (Wildman–Crippen MR) is 96.4 cm³/mol. The molecule has 3 rings (SSSR count). The lowest BCUT2D eigenvalue weighted by molar-refractivity contribution is -0.121. The van der Waals surface area contributed by atoms with Crippen molar-refractivity contribution in [2.75, 3.05) is 0 Å². The van der Waals surface area contributed by atoms with Gasteiger partial charge in [0.05, 0.1) is 0 Å². The molecule has 0 bridgehead atoms. The monoisotopic (exact) mass is 375 g/mol. The number of halogens is 2. The number of nitrogens with zero attached hydrogens (tertiary/aromatic N) is 2. The Kier molecular flexibility index (Phi) is 5.68. The van der Waals surface area contributed by atoms with Crippen molar-refractivity contribution in [3.8, 4) is 11.4 Å². The van der Waals surface area contributed by atoms with Crippen LogP contribution < -0.4 is 5.32 Å². The van der Waals surface area contributed by atoms with E-state index in [1.807, 2.05) is 24.3 Å². The number of aromatic nitrogens is 2. The molecule has 5 nitrogen and oxygen atoms in total. The number of amides is 1. The van der Waals surface area contributed by atoms with Crippen LogP contribution in [0, 0.1) is 0 Å². The van der Waals surface area contributed by atoms with Crippen molar-refractivity contribution in [3.05, 3.63) is 70.0 Å². The maximum Gasteiger partial charge on any atom is 0.227 e. The number of hydrogen-bond donors (Lipinski definition) is 1. The van der Waals surface area contributed by atoms with E-state index in [-0.39, 0.29) is 12.3 Å². The normalized spacial score (nSPS) is 10.6. The number of rotatable bonds is 6. The number of carbonyl (C=O) groups excluding carboxylic acids is 1. The maximum absolute atomic E-state index is 11.9. The summed E-state index contributed by atoms with van der Waals surface area (Å²) >= 11 is 11.8. The van der Waals surface area contributed by atoms with Gasteiger partial charge in [0.15, 0.2) is 0 Å². The van der Waals surface area contributed by atoms with Gasteiger partial charge in [-0.15, -0.1) is 0 Å². The molecule has 0 saturated carbocycles. The van der Waals surface area contributed by atoms with Crippen molar-refractivity contribution in [1.29, 1.82) is 0 Å². The Labute approximate surface area is 155 Å². The van der Waals surface area contributed by atoms with Gasteiger partial charge in [0.1, 0.15) is 0 Å². The summed E-state index contributed by atoms with van der Waals surface area (Å²) in [5.41, 5.74) is 1.76. The SMILES string of the molecule is O=C(CCc1nc(-c2cccc(Cl)c2)no1)NCc1ccc(Cl)cc1. The molecule has 0 radical (unpaired) electrons. The van der Waals surface area contributed by atoms with Crippen molar-refractivity contribution in [3.63, 3.8) is 0 Å². The molecule has 25 heavy (non-hydrogen) atoms. The summed E-state index contributed by atoms with van der Waals surface area (Å²) in [6.45, 7) is 0.452. The Hall–Kier alpha value is -2.37. The molecule has 1 aromatic heterocycles. The van der Waals surface area contributed by atoms with Gasteiger partial charge >= 0.3 is 0 Å². The molecular formula is C18H15Cl2N3O2. The van der Waals surface area contributed by atoms with Gasteiger partial charge in [-0.05, 0) is 29.8 Å². The molecule has 0 aliphatic rings.